The molecule has 0 aromatic heterocycles. The summed E-state index contributed by atoms with van der Waals surface area (Å²) in [7, 11) is 0. The highest BCUT2D eigenvalue weighted by Gasteiger charge is 2.37. The molecular weight excluding hydrogens is 759 g/mol. The predicted octanol–water partition coefficient (Wildman–Crippen LogP) is 7.70. The second-order valence-electron chi connectivity index (χ2n) is 8.91. The molecule has 0 aliphatic heterocycles. The Balaban J connectivity index is 1.89. The highest BCUT2D eigenvalue weighted by molar-refractivity contribution is 9.11. The van der Waals surface area contributed by atoms with Gasteiger partial charge in [-0.3, -0.25) is 0 Å². The highest BCUT2D eigenvalue weighted by atomic mass is 79.9. The van der Waals surface area contributed by atoms with Crippen molar-refractivity contribution in [2.45, 2.75) is 56.3 Å². The molecule has 0 bridgehead atoms. The molecule has 2 aromatic carbocycles. The van der Waals surface area contributed by atoms with E-state index in [1.165, 1.54) is 17.5 Å². The molecule has 0 saturated heterocycles. The van der Waals surface area contributed by atoms with Gasteiger partial charge < -0.3 is 24.4 Å². The number of hydrogen-bond acceptors (Lipinski definition) is 5. The molecule has 0 amide bonds. The number of aliphatic hydroxyl groups excluding tert-OH is 2. The Morgan fingerprint density at radius 3 is 1.89 bits per heavy atom. The van der Waals surface area contributed by atoms with Crippen molar-refractivity contribution in [1.82, 2.24) is 0 Å². The lowest BCUT2D eigenvalue weighted by Crippen LogP contribution is -2.31. The topological polar surface area (TPSA) is 68.2 Å². The molecular formula is C27H29Br4ClO5. The molecule has 10 heteroatoms. The molecule has 1 saturated carbocycles. The molecule has 3 rings (SSSR count). The standard InChI is InChI=1S/C27H29Br4ClO5/c1-2-9-35-24(34)6-10-36-25-20(28)11-17(12-21(25)29)27(7-4-3-5-8-27)18-13-22(30)26(23(31)14-18)37-16-19(33)15-32/h1,11-14,19,24,33-34H,3-10,15-16H2/t19-,24-/m1/s1. The number of benzene rings is 2. The summed E-state index contributed by atoms with van der Waals surface area (Å²) < 4.78 is 20.2. The largest absolute Gasteiger partial charge is 0.491 e. The first-order valence-electron chi connectivity index (χ1n) is 11.9. The van der Waals surface area contributed by atoms with Crippen molar-refractivity contribution in [3.8, 4) is 23.8 Å². The van der Waals surface area contributed by atoms with Crippen molar-refractivity contribution in [2.24, 2.45) is 0 Å². The fourth-order valence-electron chi connectivity index (χ4n) is 4.56. The normalized spacial score (nSPS) is 16.6. The van der Waals surface area contributed by atoms with E-state index in [1.807, 2.05) is 0 Å². The first-order valence-corrected chi connectivity index (χ1v) is 15.6. The van der Waals surface area contributed by atoms with Crippen LogP contribution < -0.4 is 9.47 Å². The number of alkyl halides is 1. The monoisotopic (exact) mass is 784 g/mol. The predicted molar refractivity (Wildman–Crippen MR) is 161 cm³/mol. The third-order valence-corrected chi connectivity index (χ3v) is 9.09. The van der Waals surface area contributed by atoms with E-state index in [-0.39, 0.29) is 31.1 Å². The molecule has 5 nitrogen and oxygen atoms in total. The minimum atomic E-state index is -0.972. The number of ether oxygens (including phenoxy) is 3. The number of rotatable bonds is 12. The van der Waals surface area contributed by atoms with Crippen LogP contribution in [0.25, 0.3) is 0 Å². The molecule has 1 aliphatic rings. The Hall–Kier alpha value is -0.310. The van der Waals surface area contributed by atoms with Gasteiger partial charge in [-0.05, 0) is 112 Å². The maximum Gasteiger partial charge on any atom is 0.159 e. The number of aliphatic hydroxyl groups is 2. The van der Waals surface area contributed by atoms with E-state index in [9.17, 15) is 10.2 Å². The van der Waals surface area contributed by atoms with Crippen LogP contribution in [0.1, 0.15) is 49.7 Å². The maximum atomic E-state index is 9.85. The van der Waals surface area contributed by atoms with Gasteiger partial charge in [-0.15, -0.1) is 18.0 Å². The average molecular weight is 789 g/mol. The molecule has 2 atom stereocenters. The van der Waals surface area contributed by atoms with Gasteiger partial charge in [-0.2, -0.15) is 0 Å². The summed E-state index contributed by atoms with van der Waals surface area (Å²) in [5.74, 6) is 3.75. The summed E-state index contributed by atoms with van der Waals surface area (Å²) in [6.45, 7) is 0.437. The van der Waals surface area contributed by atoms with Gasteiger partial charge in [0.2, 0.25) is 0 Å². The SMILES string of the molecule is C#CCO[C@@H](O)CCOc1c(Br)cc(C2(c3cc(Br)c(OC[C@H](O)CCl)c(Br)c3)CCCCC2)cc1Br. The number of terminal acetylenes is 1. The van der Waals surface area contributed by atoms with Gasteiger partial charge in [0.05, 0.1) is 30.4 Å². The van der Waals surface area contributed by atoms with Gasteiger partial charge in [0.15, 0.2) is 6.29 Å². The van der Waals surface area contributed by atoms with Crippen LogP contribution in [0.4, 0.5) is 0 Å². The number of halogens is 5. The molecule has 2 aromatic rings. The molecule has 1 aliphatic carbocycles. The smallest absolute Gasteiger partial charge is 0.159 e. The lowest BCUT2D eigenvalue weighted by Gasteiger charge is -2.39. The van der Waals surface area contributed by atoms with Crippen LogP contribution in [0.3, 0.4) is 0 Å². The van der Waals surface area contributed by atoms with E-state index in [0.717, 1.165) is 43.6 Å². The summed E-state index contributed by atoms with van der Waals surface area (Å²) in [6.07, 6.45) is 9.22. The molecule has 2 N–H and O–H groups in total. The Bertz CT molecular complexity index is 1050. The second-order valence-corrected chi connectivity index (χ2v) is 12.6. The molecule has 0 radical (unpaired) electrons. The third-order valence-electron chi connectivity index (χ3n) is 6.38. The van der Waals surface area contributed by atoms with E-state index in [0.29, 0.717) is 17.9 Å². The second kappa shape index (κ2) is 14.9. The first-order chi connectivity index (χ1) is 17.7. The van der Waals surface area contributed by atoms with Crippen LogP contribution in [0.2, 0.25) is 0 Å². The van der Waals surface area contributed by atoms with Crippen molar-refractivity contribution in [3.05, 3.63) is 53.3 Å². The lowest BCUT2D eigenvalue weighted by molar-refractivity contribution is -0.0958. The zero-order valence-electron chi connectivity index (χ0n) is 20.1. The highest BCUT2D eigenvalue weighted by Crippen LogP contribution is 2.50. The summed E-state index contributed by atoms with van der Waals surface area (Å²) in [5.41, 5.74) is 2.17. The Labute approximate surface area is 257 Å². The van der Waals surface area contributed by atoms with Crippen molar-refractivity contribution in [1.29, 1.82) is 0 Å². The van der Waals surface area contributed by atoms with Gasteiger partial charge in [-0.25, -0.2) is 0 Å². The number of hydrogen-bond donors (Lipinski definition) is 2. The van der Waals surface area contributed by atoms with Crippen LogP contribution in [0.15, 0.2) is 42.2 Å². The van der Waals surface area contributed by atoms with E-state index in [2.05, 4.69) is 93.9 Å². The zero-order chi connectivity index (χ0) is 27.0. The molecule has 37 heavy (non-hydrogen) atoms. The average Bonchev–Trinajstić information content (AvgIpc) is 2.88. The fourth-order valence-corrected chi connectivity index (χ4v) is 7.48. The van der Waals surface area contributed by atoms with Crippen molar-refractivity contribution in [2.75, 3.05) is 25.7 Å². The Morgan fingerprint density at radius 2 is 1.41 bits per heavy atom. The Kier molecular flexibility index (Phi) is 12.6. The lowest BCUT2D eigenvalue weighted by atomic mass is 9.65. The molecule has 202 valence electrons. The fraction of sp³-hybridized carbons (Fsp3) is 0.481. The molecule has 0 spiro atoms. The summed E-state index contributed by atoms with van der Waals surface area (Å²) in [6, 6.07) is 8.48. The van der Waals surface area contributed by atoms with Gasteiger partial charge in [0.1, 0.15) is 30.8 Å². The first kappa shape index (κ1) is 31.2. The van der Waals surface area contributed by atoms with E-state index >= 15 is 0 Å². The third kappa shape index (κ3) is 8.11. The van der Waals surface area contributed by atoms with Gasteiger partial charge >= 0.3 is 0 Å². The van der Waals surface area contributed by atoms with Crippen LogP contribution in [0.5, 0.6) is 11.5 Å². The van der Waals surface area contributed by atoms with Crippen molar-refractivity contribution in [3.63, 3.8) is 0 Å². The van der Waals surface area contributed by atoms with Gasteiger partial charge in [0, 0.05) is 11.8 Å². The maximum absolute atomic E-state index is 9.85. The van der Waals surface area contributed by atoms with Gasteiger partial charge in [-0.1, -0.05) is 25.2 Å². The Morgan fingerprint density at radius 1 is 0.892 bits per heavy atom. The van der Waals surface area contributed by atoms with Gasteiger partial charge in [0.25, 0.3) is 0 Å². The summed E-state index contributed by atoms with van der Waals surface area (Å²) in [4.78, 5) is 0. The van der Waals surface area contributed by atoms with Crippen molar-refractivity contribution < 1.29 is 24.4 Å². The quantitative estimate of drug-likeness (QED) is 0.131. The zero-order valence-corrected chi connectivity index (χ0v) is 27.2. The molecule has 0 heterocycles. The molecule has 0 unspecified atom stereocenters. The van der Waals surface area contributed by atoms with Crippen LogP contribution in [-0.2, 0) is 10.2 Å². The van der Waals surface area contributed by atoms with E-state index in [1.54, 1.807) is 0 Å². The van der Waals surface area contributed by atoms with Crippen molar-refractivity contribution >= 4 is 75.3 Å². The summed E-state index contributed by atoms with van der Waals surface area (Å²) >= 11 is 20.5. The van der Waals surface area contributed by atoms with E-state index < -0.39 is 12.4 Å². The van der Waals surface area contributed by atoms with E-state index in [4.69, 9.17) is 32.2 Å². The summed E-state index contributed by atoms with van der Waals surface area (Å²) in [5, 5.41) is 19.7. The minimum Gasteiger partial charge on any atom is -0.491 e. The van der Waals surface area contributed by atoms with Crippen LogP contribution in [-0.4, -0.2) is 48.3 Å². The van der Waals surface area contributed by atoms with Crippen LogP contribution >= 0.6 is 75.3 Å². The molecule has 1 fully saturated rings. The van der Waals surface area contributed by atoms with Crippen LogP contribution in [0, 0.1) is 12.3 Å². The minimum absolute atomic E-state index is 0.0556.